The Morgan fingerprint density at radius 1 is 0.960 bits per heavy atom. The van der Waals surface area contributed by atoms with E-state index in [4.69, 9.17) is 5.26 Å². The van der Waals surface area contributed by atoms with E-state index < -0.39 is 0 Å². The van der Waals surface area contributed by atoms with Crippen LogP contribution in [-0.2, 0) is 22.6 Å². The van der Waals surface area contributed by atoms with Gasteiger partial charge in [-0.3, -0.25) is 9.59 Å². The van der Waals surface area contributed by atoms with Crippen molar-refractivity contribution < 1.29 is 14.0 Å². The third-order valence-corrected chi connectivity index (χ3v) is 3.52. The summed E-state index contributed by atoms with van der Waals surface area (Å²) in [5, 5.41) is 13.8. The highest BCUT2D eigenvalue weighted by Gasteiger charge is 2.04. The molecule has 25 heavy (non-hydrogen) atoms. The summed E-state index contributed by atoms with van der Waals surface area (Å²) in [6.07, 6.45) is 0.676. The number of hydrogen-bond acceptors (Lipinski definition) is 3. The Balaban J connectivity index is 1.78. The van der Waals surface area contributed by atoms with Crippen LogP contribution in [0.3, 0.4) is 0 Å². The van der Waals surface area contributed by atoms with Gasteiger partial charge in [-0.15, -0.1) is 0 Å². The third kappa shape index (κ3) is 6.43. The Kier molecular flexibility index (Phi) is 6.66. The van der Waals surface area contributed by atoms with Crippen LogP contribution in [0, 0.1) is 17.1 Å². The molecule has 0 aromatic heterocycles. The van der Waals surface area contributed by atoms with Gasteiger partial charge >= 0.3 is 0 Å². The van der Waals surface area contributed by atoms with E-state index in [1.807, 2.05) is 0 Å². The molecule has 2 rings (SSSR count). The van der Waals surface area contributed by atoms with E-state index in [2.05, 4.69) is 10.6 Å². The summed E-state index contributed by atoms with van der Waals surface area (Å²) in [7, 11) is 0. The van der Waals surface area contributed by atoms with Gasteiger partial charge in [0.15, 0.2) is 0 Å². The fraction of sp³-hybridized carbons (Fsp3) is 0.211. The number of benzene rings is 2. The average Bonchev–Trinajstić information content (AvgIpc) is 2.61. The van der Waals surface area contributed by atoms with Crippen LogP contribution in [0.1, 0.15) is 24.0 Å². The van der Waals surface area contributed by atoms with E-state index in [0.29, 0.717) is 25.1 Å². The summed E-state index contributed by atoms with van der Waals surface area (Å²) in [6, 6.07) is 15.0. The second-order valence-corrected chi connectivity index (χ2v) is 5.48. The molecule has 0 saturated heterocycles. The van der Waals surface area contributed by atoms with Crippen LogP contribution in [0.25, 0.3) is 0 Å². The molecule has 0 aliphatic rings. The first-order valence-electron chi connectivity index (χ1n) is 7.83. The number of carbonyl (C=O) groups excluding carboxylic acids is 2. The van der Waals surface area contributed by atoms with E-state index in [1.54, 1.807) is 42.5 Å². The summed E-state index contributed by atoms with van der Waals surface area (Å²) >= 11 is 0. The largest absolute Gasteiger partial charge is 0.351 e. The van der Waals surface area contributed by atoms with Crippen molar-refractivity contribution in [2.75, 3.05) is 5.32 Å². The number of carbonyl (C=O) groups is 2. The number of aryl methyl sites for hydroxylation is 1. The molecular formula is C19H18FN3O2. The zero-order valence-corrected chi connectivity index (χ0v) is 13.6. The van der Waals surface area contributed by atoms with Crippen molar-refractivity contribution in [1.29, 1.82) is 5.26 Å². The van der Waals surface area contributed by atoms with E-state index >= 15 is 0 Å². The molecule has 128 valence electrons. The van der Waals surface area contributed by atoms with E-state index in [-0.39, 0.29) is 24.1 Å². The van der Waals surface area contributed by atoms with Crippen LogP contribution in [-0.4, -0.2) is 11.8 Å². The molecule has 0 aliphatic carbocycles. The minimum absolute atomic E-state index is 0.126. The first-order valence-corrected chi connectivity index (χ1v) is 7.83. The van der Waals surface area contributed by atoms with Gasteiger partial charge in [0.2, 0.25) is 11.8 Å². The number of rotatable bonds is 7. The van der Waals surface area contributed by atoms with Crippen molar-refractivity contribution in [2.45, 2.75) is 25.8 Å². The monoisotopic (exact) mass is 339 g/mol. The molecule has 0 fully saturated rings. The molecule has 2 N–H and O–H groups in total. The molecule has 0 aliphatic heterocycles. The molecule has 0 saturated carbocycles. The minimum atomic E-state index is -0.319. The summed E-state index contributed by atoms with van der Waals surface area (Å²) in [6.45, 7) is 0.333. The van der Waals surface area contributed by atoms with Crippen molar-refractivity contribution in [2.24, 2.45) is 0 Å². The lowest BCUT2D eigenvalue weighted by atomic mass is 10.1. The van der Waals surface area contributed by atoms with Gasteiger partial charge in [0.05, 0.1) is 6.07 Å². The van der Waals surface area contributed by atoms with Crippen LogP contribution >= 0.6 is 0 Å². The van der Waals surface area contributed by atoms with Crippen molar-refractivity contribution in [1.82, 2.24) is 5.32 Å². The molecule has 2 amide bonds. The highest BCUT2D eigenvalue weighted by Crippen LogP contribution is 2.11. The summed E-state index contributed by atoms with van der Waals surface area (Å²) < 4.78 is 12.8. The first kappa shape index (κ1) is 18.1. The smallest absolute Gasteiger partial charge is 0.234 e. The maximum absolute atomic E-state index is 12.8. The predicted molar refractivity (Wildman–Crippen MR) is 91.9 cm³/mol. The van der Waals surface area contributed by atoms with Crippen molar-refractivity contribution in [3.63, 3.8) is 0 Å². The highest BCUT2D eigenvalue weighted by atomic mass is 19.1. The Labute approximate surface area is 145 Å². The zero-order valence-electron chi connectivity index (χ0n) is 13.6. The number of nitriles is 1. The normalized spacial score (nSPS) is 9.92. The molecule has 2 aromatic carbocycles. The molecule has 0 unspecified atom stereocenters. The van der Waals surface area contributed by atoms with Gasteiger partial charge < -0.3 is 10.6 Å². The Morgan fingerprint density at radius 2 is 1.60 bits per heavy atom. The summed E-state index contributed by atoms with van der Waals surface area (Å²) in [4.78, 5) is 23.2. The van der Waals surface area contributed by atoms with Crippen LogP contribution < -0.4 is 10.6 Å². The van der Waals surface area contributed by atoms with Crippen molar-refractivity contribution in [3.05, 3.63) is 65.5 Å². The Hall–Kier alpha value is -3.20. The van der Waals surface area contributed by atoms with Gasteiger partial charge in [0.1, 0.15) is 12.2 Å². The van der Waals surface area contributed by atoms with Gasteiger partial charge in [0, 0.05) is 18.7 Å². The zero-order chi connectivity index (χ0) is 18.1. The molecule has 6 heteroatoms. The molecule has 2 aromatic rings. The quantitative estimate of drug-likeness (QED) is 0.814. The standard InChI is InChI=1S/C19H18FN3O2/c20-16-6-1-14(2-7-16)5-10-19(25)23-17-8-3-15(4-9-17)13-22-18(24)11-12-21/h1-4,6-9H,5,10-11,13H2,(H,22,24)(H,23,25). The van der Waals surface area contributed by atoms with Crippen molar-refractivity contribution in [3.8, 4) is 6.07 Å². The maximum atomic E-state index is 12.8. The summed E-state index contributed by atoms with van der Waals surface area (Å²) in [5.74, 6) is -0.739. The lowest BCUT2D eigenvalue weighted by Crippen LogP contribution is -2.21. The average molecular weight is 339 g/mol. The first-order chi connectivity index (χ1) is 12.1. The van der Waals surface area contributed by atoms with E-state index in [0.717, 1.165) is 11.1 Å². The number of hydrogen-bond donors (Lipinski definition) is 2. The fourth-order valence-electron chi connectivity index (χ4n) is 2.17. The molecule has 0 bridgehead atoms. The van der Waals surface area contributed by atoms with Gasteiger partial charge in [-0.05, 0) is 41.8 Å². The lowest BCUT2D eigenvalue weighted by Gasteiger charge is -2.07. The van der Waals surface area contributed by atoms with Crippen LogP contribution in [0.2, 0.25) is 0 Å². The summed E-state index contributed by atoms with van der Waals surface area (Å²) in [5.41, 5.74) is 2.44. The van der Waals surface area contributed by atoms with Crippen molar-refractivity contribution >= 4 is 17.5 Å². The third-order valence-electron chi connectivity index (χ3n) is 3.52. The number of halogens is 1. The second kappa shape index (κ2) is 9.18. The van der Waals surface area contributed by atoms with Crippen LogP contribution in [0.4, 0.5) is 10.1 Å². The highest BCUT2D eigenvalue weighted by molar-refractivity contribution is 5.90. The van der Waals surface area contributed by atoms with Gasteiger partial charge in [-0.2, -0.15) is 5.26 Å². The molecule has 5 nitrogen and oxygen atoms in total. The molecule has 0 radical (unpaired) electrons. The fourth-order valence-corrected chi connectivity index (χ4v) is 2.17. The molecule has 0 atom stereocenters. The molecular weight excluding hydrogens is 321 g/mol. The molecule has 0 spiro atoms. The lowest BCUT2D eigenvalue weighted by molar-refractivity contribution is -0.120. The number of nitrogens with zero attached hydrogens (tertiary/aromatic N) is 1. The molecule has 0 heterocycles. The number of anilines is 1. The maximum Gasteiger partial charge on any atom is 0.234 e. The van der Waals surface area contributed by atoms with Crippen LogP contribution in [0.15, 0.2) is 48.5 Å². The number of amides is 2. The van der Waals surface area contributed by atoms with Gasteiger partial charge in [0.25, 0.3) is 0 Å². The minimum Gasteiger partial charge on any atom is -0.351 e. The number of nitrogens with one attached hydrogen (secondary N) is 2. The van der Waals surface area contributed by atoms with Gasteiger partial charge in [-0.25, -0.2) is 4.39 Å². The SMILES string of the molecule is N#CCC(=O)NCc1ccc(NC(=O)CCc2ccc(F)cc2)cc1. The van der Waals surface area contributed by atoms with E-state index in [1.165, 1.54) is 12.1 Å². The van der Waals surface area contributed by atoms with Crippen LogP contribution in [0.5, 0.6) is 0 Å². The Morgan fingerprint density at radius 3 is 2.24 bits per heavy atom. The Bertz CT molecular complexity index is 765. The topological polar surface area (TPSA) is 82.0 Å². The van der Waals surface area contributed by atoms with Gasteiger partial charge in [-0.1, -0.05) is 24.3 Å². The predicted octanol–water partition coefficient (Wildman–Crippen LogP) is 2.93. The van der Waals surface area contributed by atoms with E-state index in [9.17, 15) is 14.0 Å². The second-order valence-electron chi connectivity index (χ2n) is 5.48.